The lowest BCUT2D eigenvalue weighted by atomic mass is 10.2. The lowest BCUT2D eigenvalue weighted by Gasteiger charge is -2.24. The second-order valence-electron chi connectivity index (χ2n) is 11.1. The van der Waals surface area contributed by atoms with Crippen LogP contribution in [0, 0.1) is 12.3 Å². The number of amides is 7. The highest BCUT2D eigenvalue weighted by Gasteiger charge is 2.26. The summed E-state index contributed by atoms with van der Waals surface area (Å²) in [6, 6.07) is 23.8. The third kappa shape index (κ3) is 13.5. The average Bonchev–Trinajstić information content (AvgIpc) is 3.12. The van der Waals surface area contributed by atoms with Crippen molar-refractivity contribution in [2.75, 3.05) is 50.8 Å². The quantitative estimate of drug-likeness (QED) is 0.196. The van der Waals surface area contributed by atoms with Crippen molar-refractivity contribution >= 4 is 99.1 Å². The molecule has 7 amide bonds. The number of benzene rings is 4. The van der Waals surface area contributed by atoms with Crippen LogP contribution in [0.4, 0.5) is 31.4 Å². The number of hydrogen-bond donors (Lipinski definition) is 2. The SMILES string of the molecule is C#CC(C)N(C)C(=O)Nc1ccc(Cl)cc1.CN(C)C(=O)N(C(=O)c1ccccc1)c1ccc(Cl)c(Cl)c1.CN(C)C(=O)Nc1ccc(Cl)c(Cl)c1. The maximum Gasteiger partial charge on any atom is 0.331 e. The van der Waals surface area contributed by atoms with Crippen LogP contribution in [0.15, 0.2) is 91.0 Å². The van der Waals surface area contributed by atoms with Gasteiger partial charge in [-0.2, -0.15) is 0 Å². The van der Waals surface area contributed by atoms with Crippen LogP contribution in [0.1, 0.15) is 17.3 Å². The van der Waals surface area contributed by atoms with E-state index in [-0.39, 0.29) is 23.1 Å². The fourth-order valence-electron chi connectivity index (χ4n) is 3.69. The second kappa shape index (κ2) is 21.0. The first-order valence-electron chi connectivity index (χ1n) is 15.2. The van der Waals surface area contributed by atoms with Gasteiger partial charge in [-0.25, -0.2) is 19.3 Å². The van der Waals surface area contributed by atoms with Gasteiger partial charge in [0.05, 0.1) is 31.8 Å². The van der Waals surface area contributed by atoms with E-state index in [4.69, 9.17) is 64.4 Å². The predicted octanol–water partition coefficient (Wildman–Crippen LogP) is 10.2. The standard InChI is InChI=1S/C16H14Cl2N2O2.C12H13ClN2O.C9H10Cl2N2O/c1-19(2)16(22)20(12-8-9-13(17)14(18)10-12)15(21)11-6-4-3-5-7-11;1-4-9(2)15(3)12(16)14-11-7-5-10(13)6-8-11;1-13(2)9(14)12-6-3-4-7(10)8(11)5-6/h3-10H,1-2H3;1,5-9H,2-3H3,(H,14,16);3-5H,1-2H3,(H,12,14). The summed E-state index contributed by atoms with van der Waals surface area (Å²) in [7, 11) is 8.12. The van der Waals surface area contributed by atoms with Crippen molar-refractivity contribution in [2.24, 2.45) is 0 Å². The molecule has 0 aromatic heterocycles. The minimum Gasteiger partial charge on any atom is -0.331 e. The van der Waals surface area contributed by atoms with E-state index in [2.05, 4.69) is 16.6 Å². The van der Waals surface area contributed by atoms with E-state index in [9.17, 15) is 19.2 Å². The van der Waals surface area contributed by atoms with Gasteiger partial charge in [-0.3, -0.25) is 4.79 Å². The monoisotopic (exact) mass is 804 g/mol. The molecule has 0 saturated heterocycles. The van der Waals surface area contributed by atoms with Crippen molar-refractivity contribution in [3.8, 4) is 12.3 Å². The molecule has 15 heteroatoms. The molecule has 0 saturated carbocycles. The Labute approximate surface area is 329 Å². The zero-order valence-corrected chi connectivity index (χ0v) is 32.9. The molecule has 4 aromatic rings. The molecule has 0 bridgehead atoms. The van der Waals surface area contributed by atoms with Crippen LogP contribution in [-0.2, 0) is 0 Å². The highest BCUT2D eigenvalue weighted by atomic mass is 35.5. The number of carbonyl (C=O) groups excluding carboxylic acids is 4. The zero-order valence-electron chi connectivity index (χ0n) is 29.1. The smallest absolute Gasteiger partial charge is 0.331 e. The van der Waals surface area contributed by atoms with Gasteiger partial charge >= 0.3 is 18.1 Å². The Morgan fingerprint density at radius 2 is 1.15 bits per heavy atom. The lowest BCUT2D eigenvalue weighted by molar-refractivity contribution is 0.0989. The first-order chi connectivity index (χ1) is 24.5. The van der Waals surface area contributed by atoms with Crippen molar-refractivity contribution < 1.29 is 19.2 Å². The van der Waals surface area contributed by atoms with Gasteiger partial charge in [0.25, 0.3) is 5.91 Å². The first-order valence-corrected chi connectivity index (χ1v) is 17.1. The number of rotatable bonds is 5. The van der Waals surface area contributed by atoms with Crippen molar-refractivity contribution in [3.63, 3.8) is 0 Å². The van der Waals surface area contributed by atoms with Crippen molar-refractivity contribution in [1.29, 1.82) is 0 Å². The number of anilines is 3. The summed E-state index contributed by atoms with van der Waals surface area (Å²) in [5.74, 6) is 2.05. The number of halogens is 5. The van der Waals surface area contributed by atoms with E-state index < -0.39 is 11.9 Å². The van der Waals surface area contributed by atoms with Gasteiger partial charge in [0.1, 0.15) is 0 Å². The van der Waals surface area contributed by atoms with E-state index >= 15 is 0 Å². The Morgan fingerprint density at radius 1 is 0.635 bits per heavy atom. The summed E-state index contributed by atoms with van der Waals surface area (Å²) in [4.78, 5) is 53.3. The number of nitrogens with zero attached hydrogens (tertiary/aromatic N) is 4. The number of carbonyl (C=O) groups is 4. The summed E-state index contributed by atoms with van der Waals surface area (Å²) < 4.78 is 0. The first kappa shape index (κ1) is 43.5. The van der Waals surface area contributed by atoms with Crippen LogP contribution in [-0.4, -0.2) is 80.0 Å². The maximum atomic E-state index is 12.7. The topological polar surface area (TPSA) is 105 Å². The fraction of sp³-hybridized carbons (Fsp3) is 0.189. The number of urea groups is 3. The van der Waals surface area contributed by atoms with Gasteiger partial charge in [-0.05, 0) is 79.7 Å². The molecule has 1 atom stereocenters. The van der Waals surface area contributed by atoms with Gasteiger partial charge in [0.2, 0.25) is 0 Å². The van der Waals surface area contributed by atoms with Gasteiger partial charge in [0.15, 0.2) is 0 Å². The molecule has 0 heterocycles. The van der Waals surface area contributed by atoms with Crippen molar-refractivity contribution in [3.05, 3.63) is 122 Å². The number of imide groups is 1. The van der Waals surface area contributed by atoms with Crippen LogP contribution < -0.4 is 15.5 Å². The van der Waals surface area contributed by atoms with Crippen LogP contribution in [0.2, 0.25) is 25.1 Å². The molecule has 2 N–H and O–H groups in total. The molecule has 0 aliphatic heterocycles. The second-order valence-corrected chi connectivity index (χ2v) is 13.2. The minimum absolute atomic E-state index is 0.205. The molecular formula is C37H37Cl5N6O4. The Balaban J connectivity index is 0.000000279. The summed E-state index contributed by atoms with van der Waals surface area (Å²) in [6.07, 6.45) is 5.23. The number of hydrogen-bond acceptors (Lipinski definition) is 4. The summed E-state index contributed by atoms with van der Waals surface area (Å²) in [6.45, 7) is 1.78. The van der Waals surface area contributed by atoms with E-state index in [1.165, 1.54) is 20.8 Å². The number of nitrogens with one attached hydrogen (secondary N) is 2. The minimum atomic E-state index is -0.466. The van der Waals surface area contributed by atoms with Crippen LogP contribution in [0.5, 0.6) is 0 Å². The molecular weight excluding hydrogens is 770 g/mol. The summed E-state index contributed by atoms with van der Waals surface area (Å²) in [5, 5.41) is 7.52. The van der Waals surface area contributed by atoms with Crippen molar-refractivity contribution in [2.45, 2.75) is 13.0 Å². The molecule has 0 fully saturated rings. The zero-order chi connectivity index (χ0) is 39.1. The van der Waals surface area contributed by atoms with Gasteiger partial charge in [0, 0.05) is 57.2 Å². The molecule has 0 aliphatic carbocycles. The molecule has 52 heavy (non-hydrogen) atoms. The van der Waals surface area contributed by atoms with Crippen molar-refractivity contribution in [1.82, 2.24) is 14.7 Å². The fourth-order valence-corrected chi connectivity index (χ4v) is 4.41. The van der Waals surface area contributed by atoms with E-state index in [0.29, 0.717) is 42.7 Å². The third-order valence-electron chi connectivity index (χ3n) is 6.77. The molecule has 4 rings (SSSR count). The number of terminal acetylenes is 1. The molecule has 0 radical (unpaired) electrons. The van der Waals surface area contributed by atoms with Crippen LogP contribution >= 0.6 is 58.0 Å². The predicted molar refractivity (Wildman–Crippen MR) is 214 cm³/mol. The normalized spacial score (nSPS) is 10.4. The Morgan fingerprint density at radius 3 is 1.65 bits per heavy atom. The maximum absolute atomic E-state index is 12.7. The summed E-state index contributed by atoms with van der Waals surface area (Å²) >= 11 is 29.1. The molecule has 0 spiro atoms. The largest absolute Gasteiger partial charge is 0.331 e. The Hall–Kier alpha value is -4.63. The van der Waals surface area contributed by atoms with Crippen LogP contribution in [0.3, 0.4) is 0 Å². The van der Waals surface area contributed by atoms with E-state index in [1.54, 1.807) is 127 Å². The lowest BCUT2D eigenvalue weighted by Crippen LogP contribution is -2.43. The van der Waals surface area contributed by atoms with E-state index in [1.807, 2.05) is 0 Å². The Bertz CT molecular complexity index is 1890. The summed E-state index contributed by atoms with van der Waals surface area (Å²) in [5.41, 5.74) is 2.08. The molecule has 1 unspecified atom stereocenters. The molecule has 4 aromatic carbocycles. The average molecular weight is 807 g/mol. The highest BCUT2D eigenvalue weighted by Crippen LogP contribution is 2.29. The third-order valence-corrected chi connectivity index (χ3v) is 8.50. The molecule has 10 nitrogen and oxygen atoms in total. The molecule has 0 aliphatic rings. The van der Waals surface area contributed by atoms with Gasteiger partial charge in [-0.1, -0.05) is 82.1 Å². The van der Waals surface area contributed by atoms with Gasteiger partial charge in [-0.15, -0.1) is 6.42 Å². The van der Waals surface area contributed by atoms with Crippen LogP contribution in [0.25, 0.3) is 0 Å². The van der Waals surface area contributed by atoms with Gasteiger partial charge < -0.3 is 25.3 Å². The Kier molecular flexibility index (Phi) is 17.6. The molecule has 274 valence electrons. The highest BCUT2D eigenvalue weighted by molar-refractivity contribution is 6.42. The van der Waals surface area contributed by atoms with E-state index in [0.717, 1.165) is 4.90 Å².